The summed E-state index contributed by atoms with van der Waals surface area (Å²) in [5, 5.41) is 10.9. The maximum Gasteiger partial charge on any atom is 0.327 e. The van der Waals surface area contributed by atoms with E-state index in [1.807, 2.05) is 0 Å². The summed E-state index contributed by atoms with van der Waals surface area (Å²) in [5.74, 6) is 4.85. The maximum absolute atomic E-state index is 11.7. The van der Waals surface area contributed by atoms with Crippen LogP contribution in [-0.4, -0.2) is 40.3 Å². The maximum atomic E-state index is 11.7. The SMILES string of the molecule is CN1CC(=O)N(Cc2ccc(NN)c([N+](=O)[O-])c2)C1=O. The quantitative estimate of drug-likeness (QED) is 0.353. The fraction of sp³-hybridized carbons (Fsp3) is 0.273. The van der Waals surface area contributed by atoms with E-state index in [1.54, 1.807) is 6.07 Å². The summed E-state index contributed by atoms with van der Waals surface area (Å²) < 4.78 is 0. The van der Waals surface area contributed by atoms with Crippen molar-refractivity contribution >= 4 is 23.3 Å². The van der Waals surface area contributed by atoms with Crippen LogP contribution in [-0.2, 0) is 11.3 Å². The van der Waals surface area contributed by atoms with E-state index in [9.17, 15) is 19.7 Å². The van der Waals surface area contributed by atoms with Gasteiger partial charge in [0.25, 0.3) is 11.6 Å². The Morgan fingerprint density at radius 1 is 1.45 bits per heavy atom. The third-order valence-electron chi connectivity index (χ3n) is 2.99. The number of benzene rings is 1. The summed E-state index contributed by atoms with van der Waals surface area (Å²) in [7, 11) is 1.52. The number of hydrogen-bond acceptors (Lipinski definition) is 6. The van der Waals surface area contributed by atoms with Gasteiger partial charge in [-0.1, -0.05) is 6.07 Å². The number of nitrogens with one attached hydrogen (secondary N) is 1. The van der Waals surface area contributed by atoms with Crippen LogP contribution in [0.5, 0.6) is 0 Å². The Hall–Kier alpha value is -2.68. The first-order chi connectivity index (χ1) is 9.43. The Kier molecular flexibility index (Phi) is 3.53. The molecular weight excluding hydrogens is 266 g/mol. The van der Waals surface area contributed by atoms with E-state index < -0.39 is 11.0 Å². The van der Waals surface area contributed by atoms with Crippen LogP contribution in [0, 0.1) is 10.1 Å². The minimum Gasteiger partial charge on any atom is -0.318 e. The predicted molar refractivity (Wildman–Crippen MR) is 69.5 cm³/mol. The van der Waals surface area contributed by atoms with Crippen molar-refractivity contribution < 1.29 is 14.5 Å². The standard InChI is InChI=1S/C11H13N5O4/c1-14-6-10(17)15(11(14)18)5-7-2-3-8(13-12)9(4-7)16(19)20/h2-4,13H,5-6,12H2,1H3. The molecule has 0 saturated carbocycles. The number of anilines is 1. The zero-order chi connectivity index (χ0) is 14.9. The van der Waals surface area contributed by atoms with E-state index in [4.69, 9.17) is 5.84 Å². The highest BCUT2D eigenvalue weighted by Gasteiger charge is 2.33. The third-order valence-corrected chi connectivity index (χ3v) is 2.99. The van der Waals surface area contributed by atoms with E-state index in [1.165, 1.54) is 24.1 Å². The van der Waals surface area contributed by atoms with Crippen molar-refractivity contribution in [2.75, 3.05) is 19.0 Å². The molecule has 0 bridgehead atoms. The number of hydrogen-bond donors (Lipinski definition) is 2. The first-order valence-corrected chi connectivity index (χ1v) is 5.73. The number of hydrazine groups is 1. The molecule has 1 aromatic rings. The number of nitro groups is 1. The Bertz CT molecular complexity index is 588. The molecule has 1 aliphatic heterocycles. The molecule has 0 spiro atoms. The van der Waals surface area contributed by atoms with Crippen LogP contribution in [0.4, 0.5) is 16.2 Å². The molecule has 9 heteroatoms. The van der Waals surface area contributed by atoms with E-state index in [-0.39, 0.29) is 30.4 Å². The van der Waals surface area contributed by atoms with Crippen molar-refractivity contribution in [1.29, 1.82) is 0 Å². The number of likely N-dealkylation sites (N-methyl/N-ethyl adjacent to an activating group) is 1. The summed E-state index contributed by atoms with van der Waals surface area (Å²) >= 11 is 0. The highest BCUT2D eigenvalue weighted by atomic mass is 16.6. The molecule has 1 aliphatic rings. The summed E-state index contributed by atoms with van der Waals surface area (Å²) in [6, 6.07) is 3.87. The number of imide groups is 1. The van der Waals surface area contributed by atoms with Gasteiger partial charge in [-0.25, -0.2) is 4.79 Å². The van der Waals surface area contributed by atoms with Crippen LogP contribution in [0.25, 0.3) is 0 Å². The average Bonchev–Trinajstić information content (AvgIpc) is 2.65. The first-order valence-electron chi connectivity index (χ1n) is 5.73. The van der Waals surface area contributed by atoms with Crippen LogP contribution in [0.1, 0.15) is 5.56 Å². The summed E-state index contributed by atoms with van der Waals surface area (Å²) in [6.07, 6.45) is 0. The van der Waals surface area contributed by atoms with Crippen molar-refractivity contribution in [2.24, 2.45) is 5.84 Å². The molecule has 0 unspecified atom stereocenters. The number of carbonyl (C=O) groups is 2. The predicted octanol–water partition coefficient (Wildman–Crippen LogP) is 0.274. The second-order valence-electron chi connectivity index (χ2n) is 4.37. The lowest BCUT2D eigenvalue weighted by atomic mass is 10.1. The van der Waals surface area contributed by atoms with Crippen LogP contribution >= 0.6 is 0 Å². The van der Waals surface area contributed by atoms with Gasteiger partial charge in [0.2, 0.25) is 0 Å². The van der Waals surface area contributed by atoms with Crippen LogP contribution in [0.3, 0.4) is 0 Å². The normalized spacial score (nSPS) is 14.9. The largest absolute Gasteiger partial charge is 0.327 e. The van der Waals surface area contributed by atoms with Crippen molar-refractivity contribution in [3.8, 4) is 0 Å². The number of amides is 3. The lowest BCUT2D eigenvalue weighted by Gasteiger charge is -2.14. The fourth-order valence-corrected chi connectivity index (χ4v) is 1.96. The molecule has 3 amide bonds. The molecule has 1 fully saturated rings. The summed E-state index contributed by atoms with van der Waals surface area (Å²) in [5.41, 5.74) is 2.66. The molecule has 1 aromatic carbocycles. The van der Waals surface area contributed by atoms with Crippen molar-refractivity contribution in [1.82, 2.24) is 9.80 Å². The van der Waals surface area contributed by atoms with Gasteiger partial charge in [0, 0.05) is 13.1 Å². The lowest BCUT2D eigenvalue weighted by molar-refractivity contribution is -0.384. The number of rotatable bonds is 4. The Morgan fingerprint density at radius 3 is 2.65 bits per heavy atom. The molecule has 0 aromatic heterocycles. The number of urea groups is 1. The molecule has 0 radical (unpaired) electrons. The second-order valence-corrected chi connectivity index (χ2v) is 4.37. The van der Waals surface area contributed by atoms with Gasteiger partial charge in [-0.05, 0) is 11.6 Å². The number of nitrogens with zero attached hydrogens (tertiary/aromatic N) is 3. The number of carbonyl (C=O) groups excluding carboxylic acids is 2. The van der Waals surface area contributed by atoms with Gasteiger partial charge in [-0.2, -0.15) is 0 Å². The topological polar surface area (TPSA) is 122 Å². The zero-order valence-corrected chi connectivity index (χ0v) is 10.7. The molecule has 1 saturated heterocycles. The monoisotopic (exact) mass is 279 g/mol. The highest BCUT2D eigenvalue weighted by Crippen LogP contribution is 2.25. The minimum atomic E-state index is -0.585. The molecule has 3 N–H and O–H groups in total. The van der Waals surface area contributed by atoms with Crippen LogP contribution in [0.2, 0.25) is 0 Å². The summed E-state index contributed by atoms with van der Waals surface area (Å²) in [6.45, 7) is 0.0110. The second kappa shape index (κ2) is 5.13. The molecule has 0 aliphatic carbocycles. The highest BCUT2D eigenvalue weighted by molar-refractivity contribution is 6.01. The third kappa shape index (κ3) is 2.38. The van der Waals surface area contributed by atoms with E-state index in [2.05, 4.69) is 5.43 Å². The Balaban J connectivity index is 2.26. The number of nitrogen functional groups attached to an aromatic ring is 1. The molecule has 1 heterocycles. The number of nitrogens with two attached hydrogens (primary N) is 1. The van der Waals surface area contributed by atoms with Crippen LogP contribution < -0.4 is 11.3 Å². The van der Waals surface area contributed by atoms with Crippen molar-refractivity contribution in [2.45, 2.75) is 6.54 Å². The molecular formula is C11H13N5O4. The smallest absolute Gasteiger partial charge is 0.318 e. The molecule has 0 atom stereocenters. The average molecular weight is 279 g/mol. The van der Waals surface area contributed by atoms with Gasteiger partial charge in [-0.15, -0.1) is 0 Å². The fourth-order valence-electron chi connectivity index (χ4n) is 1.96. The van der Waals surface area contributed by atoms with Crippen molar-refractivity contribution in [3.63, 3.8) is 0 Å². The van der Waals surface area contributed by atoms with Crippen LogP contribution in [0.15, 0.2) is 18.2 Å². The van der Waals surface area contributed by atoms with E-state index in [0.29, 0.717) is 5.56 Å². The van der Waals surface area contributed by atoms with Gasteiger partial charge in [0.1, 0.15) is 12.2 Å². The van der Waals surface area contributed by atoms with E-state index in [0.717, 1.165) is 4.90 Å². The van der Waals surface area contributed by atoms with Gasteiger partial charge in [0.05, 0.1) is 11.5 Å². The first kappa shape index (κ1) is 13.7. The lowest BCUT2D eigenvalue weighted by Crippen LogP contribution is -2.31. The molecule has 2 rings (SSSR count). The van der Waals surface area contributed by atoms with Gasteiger partial charge < -0.3 is 10.3 Å². The molecule has 20 heavy (non-hydrogen) atoms. The molecule has 9 nitrogen and oxygen atoms in total. The Labute approximate surface area is 114 Å². The zero-order valence-electron chi connectivity index (χ0n) is 10.7. The van der Waals surface area contributed by atoms with E-state index >= 15 is 0 Å². The summed E-state index contributed by atoms with van der Waals surface area (Å²) in [4.78, 5) is 36.0. The minimum absolute atomic E-state index is 0.00625. The molecule has 106 valence electrons. The van der Waals surface area contributed by atoms with Crippen molar-refractivity contribution in [3.05, 3.63) is 33.9 Å². The Morgan fingerprint density at radius 2 is 2.15 bits per heavy atom. The number of nitro benzene ring substituents is 1. The van der Waals surface area contributed by atoms with Gasteiger partial charge in [0.15, 0.2) is 0 Å². The van der Waals surface area contributed by atoms with Gasteiger partial charge in [-0.3, -0.25) is 25.7 Å². The van der Waals surface area contributed by atoms with Gasteiger partial charge >= 0.3 is 6.03 Å².